The average Bonchev–Trinajstić information content (AvgIpc) is 2.69. The van der Waals surface area contributed by atoms with Crippen molar-refractivity contribution in [2.75, 3.05) is 19.0 Å². The largest absolute Gasteiger partial charge is 0.417 e. The van der Waals surface area contributed by atoms with Crippen molar-refractivity contribution in [2.24, 2.45) is 0 Å². The maximum atomic E-state index is 13.5. The van der Waals surface area contributed by atoms with Crippen molar-refractivity contribution >= 4 is 11.6 Å². The number of hydrogen-bond donors (Lipinski definition) is 0. The van der Waals surface area contributed by atoms with Gasteiger partial charge in [0.25, 0.3) is 5.92 Å². The molecule has 0 aliphatic rings. The van der Waals surface area contributed by atoms with Crippen LogP contribution in [0, 0.1) is 11.3 Å². The molecule has 0 heterocycles. The van der Waals surface area contributed by atoms with E-state index in [1.54, 1.807) is 6.92 Å². The molecule has 1 unspecified atom stereocenters. The molecule has 0 saturated heterocycles. The van der Waals surface area contributed by atoms with Crippen molar-refractivity contribution in [3.05, 3.63) is 64.7 Å². The highest BCUT2D eigenvalue weighted by Gasteiger charge is 2.35. The lowest BCUT2D eigenvalue weighted by Crippen LogP contribution is -2.44. The van der Waals surface area contributed by atoms with Crippen LogP contribution in [0.4, 0.5) is 27.6 Å². The third-order valence-electron chi connectivity index (χ3n) is 4.84. The van der Waals surface area contributed by atoms with Gasteiger partial charge in [-0.25, -0.2) is 8.78 Å². The summed E-state index contributed by atoms with van der Waals surface area (Å²) in [6, 6.07) is 9.26. The van der Waals surface area contributed by atoms with Gasteiger partial charge in [0.1, 0.15) is 6.04 Å². The molecule has 1 amide bonds. The molecular formula is C22H22F5N3O. The summed E-state index contributed by atoms with van der Waals surface area (Å²) in [7, 11) is 3.05. The van der Waals surface area contributed by atoms with E-state index in [0.717, 1.165) is 19.1 Å². The Kier molecular flexibility index (Phi) is 6.94. The Morgan fingerprint density at radius 3 is 2.10 bits per heavy atom. The van der Waals surface area contributed by atoms with E-state index in [4.69, 9.17) is 5.26 Å². The lowest BCUT2D eigenvalue weighted by Gasteiger charge is -2.33. The van der Waals surface area contributed by atoms with Crippen LogP contribution in [0.25, 0.3) is 0 Å². The maximum Gasteiger partial charge on any atom is 0.417 e. The van der Waals surface area contributed by atoms with E-state index in [9.17, 15) is 26.7 Å². The molecule has 0 saturated carbocycles. The number of hydrogen-bond acceptors (Lipinski definition) is 3. The van der Waals surface area contributed by atoms with Gasteiger partial charge < -0.3 is 9.80 Å². The van der Waals surface area contributed by atoms with Gasteiger partial charge in [-0.1, -0.05) is 24.3 Å². The highest BCUT2D eigenvalue weighted by molar-refractivity contribution is 5.84. The van der Waals surface area contributed by atoms with Crippen LogP contribution in [0.2, 0.25) is 0 Å². The normalized spacial score (nSPS) is 12.8. The minimum absolute atomic E-state index is 0.000486. The number of anilines is 1. The molecule has 0 aliphatic carbocycles. The van der Waals surface area contributed by atoms with Crippen LogP contribution >= 0.6 is 0 Å². The smallest absolute Gasteiger partial charge is 0.355 e. The number of benzene rings is 2. The van der Waals surface area contributed by atoms with Crippen molar-refractivity contribution in [3.63, 3.8) is 0 Å². The number of halogens is 5. The molecule has 166 valence electrons. The van der Waals surface area contributed by atoms with Crippen molar-refractivity contribution in [1.82, 2.24) is 4.90 Å². The van der Waals surface area contributed by atoms with Crippen LogP contribution in [0.15, 0.2) is 42.5 Å². The first-order chi connectivity index (χ1) is 14.3. The van der Waals surface area contributed by atoms with Gasteiger partial charge in [-0.3, -0.25) is 4.79 Å². The molecule has 0 bridgehead atoms. The van der Waals surface area contributed by atoms with Crippen molar-refractivity contribution in [3.8, 4) is 6.07 Å². The van der Waals surface area contributed by atoms with E-state index in [0.29, 0.717) is 5.56 Å². The highest BCUT2D eigenvalue weighted by atomic mass is 19.4. The van der Waals surface area contributed by atoms with Gasteiger partial charge in [-0.15, -0.1) is 0 Å². The minimum atomic E-state index is -4.75. The second kappa shape index (κ2) is 8.92. The molecule has 1 atom stereocenters. The first kappa shape index (κ1) is 24.1. The quantitative estimate of drug-likeness (QED) is 0.584. The number of amides is 1. The molecule has 2 aromatic carbocycles. The van der Waals surface area contributed by atoms with Gasteiger partial charge in [0.15, 0.2) is 0 Å². The number of alkyl halides is 5. The topological polar surface area (TPSA) is 47.3 Å². The van der Waals surface area contributed by atoms with Crippen molar-refractivity contribution in [2.45, 2.75) is 38.5 Å². The summed E-state index contributed by atoms with van der Waals surface area (Å²) in [4.78, 5) is 15.3. The molecule has 0 fully saturated rings. The van der Waals surface area contributed by atoms with E-state index in [2.05, 4.69) is 0 Å². The summed E-state index contributed by atoms with van der Waals surface area (Å²) < 4.78 is 67.2. The fourth-order valence-electron chi connectivity index (χ4n) is 3.10. The second-order valence-corrected chi connectivity index (χ2v) is 7.46. The van der Waals surface area contributed by atoms with E-state index in [1.807, 2.05) is 0 Å². The Hall–Kier alpha value is -3.15. The Balaban J connectivity index is 2.52. The fraction of sp³-hybridized carbons (Fsp3) is 0.364. The Labute approximate surface area is 177 Å². The molecule has 4 nitrogen and oxygen atoms in total. The van der Waals surface area contributed by atoms with Crippen molar-refractivity contribution < 1.29 is 26.7 Å². The van der Waals surface area contributed by atoms with E-state index in [-0.39, 0.29) is 23.7 Å². The highest BCUT2D eigenvalue weighted by Crippen LogP contribution is 2.35. The van der Waals surface area contributed by atoms with Gasteiger partial charge in [0, 0.05) is 38.8 Å². The van der Waals surface area contributed by atoms with Crippen LogP contribution in [0.5, 0.6) is 0 Å². The van der Waals surface area contributed by atoms with Crippen LogP contribution in [-0.4, -0.2) is 30.9 Å². The molecule has 2 aromatic rings. The second-order valence-electron chi connectivity index (χ2n) is 7.46. The SMILES string of the molecule is CC(C(=O)N(C)C)N(Cc1ccc(C(C)(F)F)cc1)c1ccc(C#N)c(C(F)(F)F)c1. The van der Waals surface area contributed by atoms with Crippen LogP contribution in [0.3, 0.4) is 0 Å². The summed E-state index contributed by atoms with van der Waals surface area (Å²) in [5, 5.41) is 9.02. The zero-order valence-electron chi connectivity index (χ0n) is 17.5. The molecule has 2 rings (SSSR count). The summed E-state index contributed by atoms with van der Waals surface area (Å²) in [6.45, 7) is 2.31. The number of nitrogens with zero attached hydrogens (tertiary/aromatic N) is 3. The number of rotatable bonds is 6. The first-order valence-corrected chi connectivity index (χ1v) is 9.32. The van der Waals surface area contributed by atoms with Crippen LogP contribution in [0.1, 0.15) is 36.1 Å². The molecule has 0 radical (unpaired) electrons. The van der Waals surface area contributed by atoms with E-state index < -0.39 is 29.3 Å². The zero-order valence-corrected chi connectivity index (χ0v) is 17.5. The molecule has 0 aliphatic heterocycles. The Morgan fingerprint density at radius 2 is 1.65 bits per heavy atom. The molecular weight excluding hydrogens is 417 g/mol. The minimum Gasteiger partial charge on any atom is -0.355 e. The lowest BCUT2D eigenvalue weighted by molar-refractivity contribution is -0.137. The number of likely N-dealkylation sites (N-methyl/N-ethyl adjacent to an activating group) is 1. The lowest BCUT2D eigenvalue weighted by atomic mass is 10.0. The molecule has 0 aromatic heterocycles. The predicted molar refractivity (Wildman–Crippen MR) is 107 cm³/mol. The Bertz CT molecular complexity index is 973. The van der Waals surface area contributed by atoms with E-state index in [1.165, 1.54) is 60.3 Å². The van der Waals surface area contributed by atoms with Crippen LogP contribution < -0.4 is 4.90 Å². The maximum absolute atomic E-state index is 13.5. The predicted octanol–water partition coefficient (Wildman–Crippen LogP) is 5.17. The van der Waals surface area contributed by atoms with Gasteiger partial charge in [0.05, 0.1) is 17.2 Å². The van der Waals surface area contributed by atoms with Crippen molar-refractivity contribution in [1.29, 1.82) is 5.26 Å². The molecule has 9 heteroatoms. The number of nitriles is 1. The molecule has 0 spiro atoms. The van der Waals surface area contributed by atoms with Gasteiger partial charge in [-0.2, -0.15) is 18.4 Å². The Morgan fingerprint density at radius 1 is 1.06 bits per heavy atom. The monoisotopic (exact) mass is 439 g/mol. The molecule has 0 N–H and O–H groups in total. The zero-order chi connectivity index (χ0) is 23.6. The first-order valence-electron chi connectivity index (χ1n) is 9.32. The summed E-state index contributed by atoms with van der Waals surface area (Å²) in [6.07, 6.45) is -4.75. The summed E-state index contributed by atoms with van der Waals surface area (Å²) in [5.74, 6) is -3.38. The summed E-state index contributed by atoms with van der Waals surface area (Å²) >= 11 is 0. The third-order valence-corrected chi connectivity index (χ3v) is 4.84. The molecule has 31 heavy (non-hydrogen) atoms. The number of carbonyl (C=O) groups is 1. The standard InChI is InChI=1S/C22H22F5N3O/c1-14(20(31)29(3)4)30(13-15-5-8-17(9-6-15)21(2,23)24)18-10-7-16(12-28)19(11-18)22(25,26)27/h5-11,14H,13H2,1-4H3. The fourth-order valence-corrected chi connectivity index (χ4v) is 3.10. The average molecular weight is 439 g/mol. The van der Waals surface area contributed by atoms with Gasteiger partial charge in [-0.05, 0) is 30.7 Å². The number of carbonyl (C=O) groups excluding carboxylic acids is 1. The van der Waals surface area contributed by atoms with Crippen LogP contribution in [-0.2, 0) is 23.4 Å². The van der Waals surface area contributed by atoms with Gasteiger partial charge in [0.2, 0.25) is 5.91 Å². The van der Waals surface area contributed by atoms with E-state index >= 15 is 0 Å². The van der Waals surface area contributed by atoms with Gasteiger partial charge >= 0.3 is 6.18 Å². The summed E-state index contributed by atoms with van der Waals surface area (Å²) in [5.41, 5.74) is -1.22. The third kappa shape index (κ3) is 5.72.